The zero-order valence-corrected chi connectivity index (χ0v) is 14.6. The second-order valence-electron chi connectivity index (χ2n) is 5.16. The van der Waals surface area contributed by atoms with Crippen LogP contribution in [0.3, 0.4) is 0 Å². The van der Waals surface area contributed by atoms with E-state index >= 15 is 0 Å². The molecule has 0 aliphatic carbocycles. The summed E-state index contributed by atoms with van der Waals surface area (Å²) in [6, 6.07) is 4.80. The molecule has 0 fully saturated rings. The maximum atomic E-state index is 12.0. The zero-order valence-electron chi connectivity index (χ0n) is 13.0. The number of nitrogens with one attached hydrogen (secondary N) is 3. The first-order valence-corrected chi connectivity index (χ1v) is 7.87. The molecule has 0 aliphatic heterocycles. The number of aliphatic imine (C=N–C) groups is 1. The summed E-state index contributed by atoms with van der Waals surface area (Å²) in [4.78, 5) is 16.1. The highest BCUT2D eigenvalue weighted by Gasteiger charge is 2.07. The molecule has 5 nitrogen and oxygen atoms in total. The van der Waals surface area contributed by atoms with E-state index in [4.69, 9.17) is 23.2 Å². The maximum absolute atomic E-state index is 12.0. The van der Waals surface area contributed by atoms with Gasteiger partial charge < -0.3 is 16.0 Å². The van der Waals surface area contributed by atoms with Crippen LogP contribution >= 0.6 is 23.2 Å². The molecule has 0 unspecified atom stereocenters. The van der Waals surface area contributed by atoms with Gasteiger partial charge in [0.2, 0.25) is 0 Å². The molecule has 122 valence electrons. The number of carbonyl (C=O) groups excluding carboxylic acids is 1. The van der Waals surface area contributed by atoms with Crippen LogP contribution in [-0.2, 0) is 0 Å². The Hall–Kier alpha value is -1.46. The van der Waals surface area contributed by atoms with Crippen LogP contribution in [-0.4, -0.2) is 38.5 Å². The first-order chi connectivity index (χ1) is 10.4. The zero-order chi connectivity index (χ0) is 16.5. The lowest BCUT2D eigenvalue weighted by Crippen LogP contribution is -2.42. The Bertz CT molecular complexity index is 532. The van der Waals surface area contributed by atoms with Gasteiger partial charge in [0.25, 0.3) is 5.91 Å². The smallest absolute Gasteiger partial charge is 0.251 e. The topological polar surface area (TPSA) is 65.5 Å². The van der Waals surface area contributed by atoms with Gasteiger partial charge in [-0.3, -0.25) is 9.79 Å². The van der Waals surface area contributed by atoms with Crippen LogP contribution in [0.2, 0.25) is 10.0 Å². The van der Waals surface area contributed by atoms with Crippen LogP contribution in [0.15, 0.2) is 23.2 Å². The molecular weight excluding hydrogens is 323 g/mol. The van der Waals surface area contributed by atoms with Gasteiger partial charge in [-0.1, -0.05) is 37.0 Å². The van der Waals surface area contributed by atoms with E-state index in [-0.39, 0.29) is 5.91 Å². The summed E-state index contributed by atoms with van der Waals surface area (Å²) in [6.07, 6.45) is 0. The molecule has 3 N–H and O–H groups in total. The van der Waals surface area contributed by atoms with Gasteiger partial charge in [-0.15, -0.1) is 0 Å². The van der Waals surface area contributed by atoms with Gasteiger partial charge in [0, 0.05) is 32.2 Å². The SMILES string of the molecule is CN=C(NCCNC(=O)c1ccc(Cl)c(Cl)c1)NCC(C)C. The minimum Gasteiger partial charge on any atom is -0.356 e. The summed E-state index contributed by atoms with van der Waals surface area (Å²) >= 11 is 11.7. The summed E-state index contributed by atoms with van der Waals surface area (Å²) in [5.41, 5.74) is 0.483. The third-order valence-corrected chi connectivity index (χ3v) is 3.53. The van der Waals surface area contributed by atoms with E-state index < -0.39 is 0 Å². The van der Waals surface area contributed by atoms with E-state index in [1.54, 1.807) is 25.2 Å². The fraction of sp³-hybridized carbons (Fsp3) is 0.467. The van der Waals surface area contributed by atoms with Crippen molar-refractivity contribution in [2.75, 3.05) is 26.7 Å². The number of hydrogen-bond donors (Lipinski definition) is 3. The Morgan fingerprint density at radius 1 is 1.14 bits per heavy atom. The number of hydrogen-bond acceptors (Lipinski definition) is 2. The Morgan fingerprint density at radius 3 is 2.41 bits per heavy atom. The predicted molar refractivity (Wildman–Crippen MR) is 93.0 cm³/mol. The molecule has 0 aliphatic rings. The number of halogens is 2. The summed E-state index contributed by atoms with van der Waals surface area (Å²) in [6.45, 7) is 6.14. The molecule has 1 rings (SSSR count). The molecule has 0 heterocycles. The lowest BCUT2D eigenvalue weighted by Gasteiger charge is -2.13. The molecule has 7 heteroatoms. The molecule has 1 aromatic rings. The van der Waals surface area contributed by atoms with Crippen LogP contribution in [0.25, 0.3) is 0 Å². The van der Waals surface area contributed by atoms with Crippen molar-refractivity contribution in [3.63, 3.8) is 0 Å². The van der Waals surface area contributed by atoms with Crippen LogP contribution < -0.4 is 16.0 Å². The predicted octanol–water partition coefficient (Wildman–Crippen LogP) is 2.54. The minimum atomic E-state index is -0.189. The van der Waals surface area contributed by atoms with E-state index in [1.807, 2.05) is 0 Å². The molecule has 0 atom stereocenters. The normalized spacial score (nSPS) is 11.5. The van der Waals surface area contributed by atoms with Crippen molar-refractivity contribution in [1.29, 1.82) is 0 Å². The van der Waals surface area contributed by atoms with Gasteiger partial charge in [0.1, 0.15) is 0 Å². The second kappa shape index (κ2) is 9.54. The van der Waals surface area contributed by atoms with E-state index in [0.29, 0.717) is 34.6 Å². The third-order valence-electron chi connectivity index (χ3n) is 2.79. The summed E-state index contributed by atoms with van der Waals surface area (Å²) in [7, 11) is 1.71. The van der Waals surface area contributed by atoms with E-state index in [0.717, 1.165) is 12.5 Å². The van der Waals surface area contributed by atoms with Crippen LogP contribution in [0.1, 0.15) is 24.2 Å². The van der Waals surface area contributed by atoms with Gasteiger partial charge in [0.15, 0.2) is 5.96 Å². The number of rotatable bonds is 6. The summed E-state index contributed by atoms with van der Waals surface area (Å²) in [5.74, 6) is 1.07. The molecule has 0 spiro atoms. The van der Waals surface area contributed by atoms with Crippen molar-refractivity contribution >= 4 is 35.1 Å². The fourth-order valence-corrected chi connectivity index (χ4v) is 1.92. The van der Waals surface area contributed by atoms with Crippen molar-refractivity contribution in [3.05, 3.63) is 33.8 Å². The fourth-order valence-electron chi connectivity index (χ4n) is 1.62. The van der Waals surface area contributed by atoms with E-state index in [2.05, 4.69) is 34.8 Å². The molecule has 0 bridgehead atoms. The third kappa shape index (κ3) is 6.54. The van der Waals surface area contributed by atoms with Crippen molar-refractivity contribution in [1.82, 2.24) is 16.0 Å². The molecule has 0 saturated carbocycles. The number of nitrogens with zero attached hydrogens (tertiary/aromatic N) is 1. The number of carbonyl (C=O) groups is 1. The molecule has 0 saturated heterocycles. The lowest BCUT2D eigenvalue weighted by molar-refractivity contribution is 0.0954. The Labute approximate surface area is 141 Å². The molecule has 22 heavy (non-hydrogen) atoms. The Kier molecular flexibility index (Phi) is 8.06. The number of amides is 1. The van der Waals surface area contributed by atoms with E-state index in [1.165, 1.54) is 0 Å². The lowest BCUT2D eigenvalue weighted by atomic mass is 10.2. The number of benzene rings is 1. The average molecular weight is 345 g/mol. The molecule has 0 aromatic heterocycles. The molecule has 1 aromatic carbocycles. The van der Waals surface area contributed by atoms with Crippen molar-refractivity contribution < 1.29 is 4.79 Å². The van der Waals surface area contributed by atoms with Gasteiger partial charge >= 0.3 is 0 Å². The van der Waals surface area contributed by atoms with Crippen LogP contribution in [0.4, 0.5) is 0 Å². The van der Waals surface area contributed by atoms with Gasteiger partial charge in [-0.2, -0.15) is 0 Å². The maximum Gasteiger partial charge on any atom is 0.251 e. The van der Waals surface area contributed by atoms with E-state index in [9.17, 15) is 4.79 Å². The standard InChI is InChI=1S/C15H22Cl2N4O/c1-10(2)9-21-15(18-3)20-7-6-19-14(22)11-4-5-12(16)13(17)8-11/h4-5,8,10H,6-7,9H2,1-3H3,(H,19,22)(H2,18,20,21). The first-order valence-electron chi connectivity index (χ1n) is 7.11. The monoisotopic (exact) mass is 344 g/mol. The van der Waals surface area contributed by atoms with Crippen molar-refractivity contribution in [2.24, 2.45) is 10.9 Å². The highest BCUT2D eigenvalue weighted by molar-refractivity contribution is 6.42. The largest absolute Gasteiger partial charge is 0.356 e. The molecule has 0 radical (unpaired) electrons. The number of guanidine groups is 1. The molecular formula is C15H22Cl2N4O. The summed E-state index contributed by atoms with van der Waals surface area (Å²) < 4.78 is 0. The average Bonchev–Trinajstić information content (AvgIpc) is 2.48. The van der Waals surface area contributed by atoms with Crippen molar-refractivity contribution in [2.45, 2.75) is 13.8 Å². The molecule has 1 amide bonds. The highest BCUT2D eigenvalue weighted by atomic mass is 35.5. The van der Waals surface area contributed by atoms with Crippen LogP contribution in [0.5, 0.6) is 0 Å². The van der Waals surface area contributed by atoms with Crippen molar-refractivity contribution in [3.8, 4) is 0 Å². The Morgan fingerprint density at radius 2 is 1.82 bits per heavy atom. The van der Waals surface area contributed by atoms with Crippen LogP contribution in [0, 0.1) is 5.92 Å². The summed E-state index contributed by atoms with van der Waals surface area (Å²) in [5, 5.41) is 9.93. The quantitative estimate of drug-likeness (QED) is 0.422. The highest BCUT2D eigenvalue weighted by Crippen LogP contribution is 2.22. The Balaban J connectivity index is 2.34. The first kappa shape index (κ1) is 18.6. The second-order valence-corrected chi connectivity index (χ2v) is 5.97. The van der Waals surface area contributed by atoms with Gasteiger partial charge in [-0.25, -0.2) is 0 Å². The van der Waals surface area contributed by atoms with Gasteiger partial charge in [0.05, 0.1) is 10.0 Å². The van der Waals surface area contributed by atoms with Gasteiger partial charge in [-0.05, 0) is 24.1 Å². The minimum absolute atomic E-state index is 0.189.